The van der Waals surface area contributed by atoms with E-state index >= 15 is 0 Å². The Morgan fingerprint density at radius 1 is 1.14 bits per heavy atom. The highest BCUT2D eigenvalue weighted by atomic mass is 31.2. The summed E-state index contributed by atoms with van der Waals surface area (Å²) < 4.78 is 15.4. The second-order valence-corrected chi connectivity index (χ2v) is 4.97. The van der Waals surface area contributed by atoms with Gasteiger partial charge in [0.1, 0.15) is 0 Å². The minimum Gasteiger partial charge on any atom is -0.502 e. The molecule has 0 radical (unpaired) electrons. The molecule has 0 rings (SSSR count). The van der Waals surface area contributed by atoms with Gasteiger partial charge in [0.2, 0.25) is 0 Å². The van der Waals surface area contributed by atoms with Gasteiger partial charge in [-0.3, -0.25) is 4.57 Å². The Morgan fingerprint density at radius 3 is 2.29 bits per heavy atom. The minimum atomic E-state index is -3.77. The first-order valence-electron chi connectivity index (χ1n) is 4.83. The van der Waals surface area contributed by atoms with E-state index in [4.69, 9.17) is 14.5 Å². The fourth-order valence-corrected chi connectivity index (χ4v) is 1.75. The fraction of sp³-hybridized carbons (Fsp3) is 0.778. The second-order valence-electron chi connectivity index (χ2n) is 3.19. The summed E-state index contributed by atoms with van der Waals surface area (Å²) >= 11 is 0. The summed E-state index contributed by atoms with van der Waals surface area (Å²) in [6.45, 7) is 4.11. The van der Waals surface area contributed by atoms with Crippen LogP contribution in [0.4, 0.5) is 0 Å². The zero-order valence-corrected chi connectivity index (χ0v) is 9.29. The Kier molecular flexibility index (Phi) is 7.86. The average molecular weight is 222 g/mol. The molecule has 84 valence electrons. The van der Waals surface area contributed by atoms with Crippen molar-refractivity contribution < 1.29 is 19.1 Å². The van der Waals surface area contributed by atoms with Gasteiger partial charge in [0.25, 0.3) is 0 Å². The van der Waals surface area contributed by atoms with Crippen molar-refractivity contribution >= 4 is 7.60 Å². The SMILES string of the molecule is C=COCCCCCCCP(=O)(O)O. The second kappa shape index (κ2) is 8.04. The Hall–Kier alpha value is -0.310. The molecule has 0 amide bonds. The number of hydrogen-bond donors (Lipinski definition) is 2. The van der Waals surface area contributed by atoms with Crippen LogP contribution in [0.2, 0.25) is 0 Å². The summed E-state index contributed by atoms with van der Waals surface area (Å²) in [5, 5.41) is 0. The first kappa shape index (κ1) is 13.7. The molecular weight excluding hydrogens is 203 g/mol. The van der Waals surface area contributed by atoms with Crippen LogP contribution in [0.25, 0.3) is 0 Å². The fourth-order valence-electron chi connectivity index (χ4n) is 1.12. The molecular formula is C9H19O4P. The van der Waals surface area contributed by atoms with Crippen molar-refractivity contribution in [3.8, 4) is 0 Å². The van der Waals surface area contributed by atoms with Crippen molar-refractivity contribution in [3.63, 3.8) is 0 Å². The zero-order chi connectivity index (χ0) is 10.9. The van der Waals surface area contributed by atoms with Gasteiger partial charge in [0.15, 0.2) is 0 Å². The van der Waals surface area contributed by atoms with E-state index in [1.807, 2.05) is 0 Å². The molecule has 0 aliphatic heterocycles. The molecule has 0 atom stereocenters. The van der Waals surface area contributed by atoms with Gasteiger partial charge >= 0.3 is 7.60 Å². The molecule has 4 nitrogen and oxygen atoms in total. The summed E-state index contributed by atoms with van der Waals surface area (Å²) in [6.07, 6.45) is 5.92. The molecule has 0 saturated heterocycles. The van der Waals surface area contributed by atoms with Gasteiger partial charge in [-0.05, 0) is 12.8 Å². The van der Waals surface area contributed by atoms with Gasteiger partial charge in [-0.15, -0.1) is 0 Å². The molecule has 0 unspecified atom stereocenters. The molecule has 0 aliphatic rings. The largest absolute Gasteiger partial charge is 0.502 e. The average Bonchev–Trinajstić information content (AvgIpc) is 2.08. The van der Waals surface area contributed by atoms with Crippen molar-refractivity contribution in [2.45, 2.75) is 32.1 Å². The lowest BCUT2D eigenvalue weighted by molar-refractivity contribution is 0.241. The summed E-state index contributed by atoms with van der Waals surface area (Å²) in [5.74, 6) is 0. The molecule has 0 aliphatic carbocycles. The quantitative estimate of drug-likeness (QED) is 0.357. The van der Waals surface area contributed by atoms with Crippen LogP contribution < -0.4 is 0 Å². The maximum atomic E-state index is 10.5. The van der Waals surface area contributed by atoms with Crippen molar-refractivity contribution in [3.05, 3.63) is 12.8 Å². The highest BCUT2D eigenvalue weighted by Gasteiger charge is 2.10. The molecule has 0 fully saturated rings. The summed E-state index contributed by atoms with van der Waals surface area (Å²) in [5.41, 5.74) is 0. The number of unbranched alkanes of at least 4 members (excludes halogenated alkanes) is 4. The maximum absolute atomic E-state index is 10.5. The van der Waals surface area contributed by atoms with Crippen molar-refractivity contribution in [1.29, 1.82) is 0 Å². The lowest BCUT2D eigenvalue weighted by Crippen LogP contribution is -1.90. The third kappa shape index (κ3) is 11.7. The first-order valence-corrected chi connectivity index (χ1v) is 6.63. The van der Waals surface area contributed by atoms with Crippen LogP contribution in [0.5, 0.6) is 0 Å². The molecule has 5 heteroatoms. The van der Waals surface area contributed by atoms with Gasteiger partial charge in [-0.2, -0.15) is 0 Å². The van der Waals surface area contributed by atoms with Crippen LogP contribution in [-0.2, 0) is 9.30 Å². The van der Waals surface area contributed by atoms with Crippen LogP contribution in [-0.4, -0.2) is 22.6 Å². The summed E-state index contributed by atoms with van der Waals surface area (Å²) in [6, 6.07) is 0. The summed E-state index contributed by atoms with van der Waals surface area (Å²) in [7, 11) is -3.77. The highest BCUT2D eigenvalue weighted by molar-refractivity contribution is 7.51. The number of hydrogen-bond acceptors (Lipinski definition) is 2. The Morgan fingerprint density at radius 2 is 1.71 bits per heavy atom. The monoisotopic (exact) mass is 222 g/mol. The lowest BCUT2D eigenvalue weighted by atomic mass is 10.2. The minimum absolute atomic E-state index is 0.0101. The predicted molar refractivity (Wildman–Crippen MR) is 56.1 cm³/mol. The van der Waals surface area contributed by atoms with E-state index < -0.39 is 7.60 Å². The third-order valence-corrected chi connectivity index (χ3v) is 2.73. The number of ether oxygens (including phenoxy) is 1. The Balaban J connectivity index is 3.07. The van der Waals surface area contributed by atoms with Crippen molar-refractivity contribution in [2.24, 2.45) is 0 Å². The van der Waals surface area contributed by atoms with E-state index in [0.29, 0.717) is 13.0 Å². The topological polar surface area (TPSA) is 66.8 Å². The molecule has 0 heterocycles. The molecule has 2 N–H and O–H groups in total. The van der Waals surface area contributed by atoms with E-state index in [0.717, 1.165) is 25.7 Å². The lowest BCUT2D eigenvalue weighted by Gasteiger charge is -2.03. The molecule has 0 aromatic rings. The highest BCUT2D eigenvalue weighted by Crippen LogP contribution is 2.35. The normalized spacial score (nSPS) is 11.3. The molecule has 0 bridgehead atoms. The van der Waals surface area contributed by atoms with Crippen LogP contribution >= 0.6 is 7.60 Å². The van der Waals surface area contributed by atoms with E-state index in [9.17, 15) is 4.57 Å². The maximum Gasteiger partial charge on any atom is 0.325 e. The third-order valence-electron chi connectivity index (χ3n) is 1.83. The molecule has 0 aromatic carbocycles. The van der Waals surface area contributed by atoms with Gasteiger partial charge in [0.05, 0.1) is 12.9 Å². The molecule has 14 heavy (non-hydrogen) atoms. The van der Waals surface area contributed by atoms with Gasteiger partial charge in [-0.1, -0.05) is 25.8 Å². The van der Waals surface area contributed by atoms with Crippen LogP contribution in [0, 0.1) is 0 Å². The standard InChI is InChI=1S/C9H19O4P/c1-2-13-8-6-4-3-5-7-9-14(10,11)12/h2H,1,3-9H2,(H2,10,11,12). The van der Waals surface area contributed by atoms with Crippen LogP contribution in [0.1, 0.15) is 32.1 Å². The van der Waals surface area contributed by atoms with Gasteiger partial charge < -0.3 is 14.5 Å². The molecule has 0 aromatic heterocycles. The van der Waals surface area contributed by atoms with E-state index in [-0.39, 0.29) is 6.16 Å². The van der Waals surface area contributed by atoms with E-state index in [2.05, 4.69) is 6.58 Å². The van der Waals surface area contributed by atoms with E-state index in [1.54, 1.807) is 0 Å². The van der Waals surface area contributed by atoms with Crippen molar-refractivity contribution in [1.82, 2.24) is 0 Å². The van der Waals surface area contributed by atoms with Gasteiger partial charge in [-0.25, -0.2) is 0 Å². The van der Waals surface area contributed by atoms with Crippen molar-refractivity contribution in [2.75, 3.05) is 12.8 Å². The van der Waals surface area contributed by atoms with E-state index in [1.165, 1.54) is 6.26 Å². The number of rotatable bonds is 9. The van der Waals surface area contributed by atoms with Gasteiger partial charge in [0, 0.05) is 6.16 Å². The molecule has 0 spiro atoms. The predicted octanol–water partition coefficient (Wildman–Crippen LogP) is 2.27. The smallest absolute Gasteiger partial charge is 0.325 e. The first-order chi connectivity index (χ1) is 6.56. The Labute approximate surface area is 85.1 Å². The molecule has 0 saturated carbocycles. The summed E-state index contributed by atoms with van der Waals surface area (Å²) in [4.78, 5) is 17.1. The van der Waals surface area contributed by atoms with Crippen LogP contribution in [0.3, 0.4) is 0 Å². The zero-order valence-electron chi connectivity index (χ0n) is 8.39. The Bertz CT molecular complexity index is 187. The van der Waals surface area contributed by atoms with Crippen LogP contribution in [0.15, 0.2) is 12.8 Å².